The minimum Gasteiger partial charge on any atom is -0.355 e. The molecule has 1 amide bonds. The lowest BCUT2D eigenvalue weighted by atomic mass is 10.0. The summed E-state index contributed by atoms with van der Waals surface area (Å²) < 4.78 is 0. The van der Waals surface area contributed by atoms with Gasteiger partial charge in [0.05, 0.1) is 11.9 Å². The Morgan fingerprint density at radius 2 is 2.09 bits per heavy atom. The molecule has 1 aliphatic heterocycles. The van der Waals surface area contributed by atoms with Crippen LogP contribution in [0.4, 0.5) is 5.82 Å². The SMILES string of the molecule is Cc1cncc(N2CCC(NC(=O)c3ccccn3)CC2)n1. The third-order valence-electron chi connectivity index (χ3n) is 3.79. The van der Waals surface area contributed by atoms with Crippen LogP contribution in [0, 0.1) is 6.92 Å². The Balaban J connectivity index is 1.55. The maximum Gasteiger partial charge on any atom is 0.270 e. The lowest BCUT2D eigenvalue weighted by Crippen LogP contribution is -2.45. The third-order valence-corrected chi connectivity index (χ3v) is 3.79. The van der Waals surface area contributed by atoms with E-state index in [1.54, 1.807) is 30.7 Å². The van der Waals surface area contributed by atoms with E-state index in [1.165, 1.54) is 0 Å². The normalized spacial score (nSPS) is 15.6. The van der Waals surface area contributed by atoms with Crippen molar-refractivity contribution in [2.45, 2.75) is 25.8 Å². The van der Waals surface area contributed by atoms with E-state index < -0.39 is 0 Å². The highest BCUT2D eigenvalue weighted by molar-refractivity contribution is 5.92. The minimum atomic E-state index is -0.102. The van der Waals surface area contributed by atoms with Crippen LogP contribution >= 0.6 is 0 Å². The average Bonchev–Trinajstić information content (AvgIpc) is 2.56. The van der Waals surface area contributed by atoms with Crippen LogP contribution in [0.3, 0.4) is 0 Å². The molecule has 2 aromatic heterocycles. The van der Waals surface area contributed by atoms with Crippen molar-refractivity contribution in [2.24, 2.45) is 0 Å². The van der Waals surface area contributed by atoms with Crippen LogP contribution in [0.1, 0.15) is 29.0 Å². The number of carbonyl (C=O) groups excluding carboxylic acids is 1. The van der Waals surface area contributed by atoms with Crippen LogP contribution in [-0.2, 0) is 0 Å². The molecule has 0 unspecified atom stereocenters. The van der Waals surface area contributed by atoms with Gasteiger partial charge in [-0.1, -0.05) is 6.07 Å². The fraction of sp³-hybridized carbons (Fsp3) is 0.375. The van der Waals surface area contributed by atoms with Crippen molar-refractivity contribution in [3.63, 3.8) is 0 Å². The summed E-state index contributed by atoms with van der Waals surface area (Å²) in [6.07, 6.45) is 6.97. The van der Waals surface area contributed by atoms with Gasteiger partial charge in [0.25, 0.3) is 5.91 Å². The van der Waals surface area contributed by atoms with Gasteiger partial charge in [-0.25, -0.2) is 4.98 Å². The van der Waals surface area contributed by atoms with E-state index in [9.17, 15) is 4.79 Å². The van der Waals surface area contributed by atoms with E-state index in [0.717, 1.165) is 37.4 Å². The number of aromatic nitrogens is 3. The van der Waals surface area contributed by atoms with Gasteiger partial charge in [-0.15, -0.1) is 0 Å². The molecule has 1 saturated heterocycles. The topological polar surface area (TPSA) is 71.0 Å². The highest BCUT2D eigenvalue weighted by Crippen LogP contribution is 2.17. The van der Waals surface area contributed by atoms with Gasteiger partial charge in [0.15, 0.2) is 0 Å². The van der Waals surface area contributed by atoms with Crippen LogP contribution in [0.25, 0.3) is 0 Å². The van der Waals surface area contributed by atoms with Gasteiger partial charge in [0, 0.05) is 31.5 Å². The second kappa shape index (κ2) is 6.51. The summed E-state index contributed by atoms with van der Waals surface area (Å²) in [6.45, 7) is 3.67. The number of hydrogen-bond acceptors (Lipinski definition) is 5. The Labute approximate surface area is 129 Å². The molecule has 1 fully saturated rings. The van der Waals surface area contributed by atoms with Gasteiger partial charge < -0.3 is 10.2 Å². The van der Waals surface area contributed by atoms with E-state index in [4.69, 9.17) is 0 Å². The third kappa shape index (κ3) is 3.39. The molecule has 22 heavy (non-hydrogen) atoms. The monoisotopic (exact) mass is 297 g/mol. The summed E-state index contributed by atoms with van der Waals surface area (Å²) in [7, 11) is 0. The van der Waals surface area contributed by atoms with Gasteiger partial charge in [-0.3, -0.25) is 14.8 Å². The van der Waals surface area contributed by atoms with Gasteiger partial charge in [-0.2, -0.15) is 0 Å². The minimum absolute atomic E-state index is 0.102. The largest absolute Gasteiger partial charge is 0.355 e. The molecule has 0 bridgehead atoms. The number of amides is 1. The molecule has 6 nitrogen and oxygen atoms in total. The van der Waals surface area contributed by atoms with Crippen molar-refractivity contribution in [3.05, 3.63) is 48.2 Å². The zero-order valence-electron chi connectivity index (χ0n) is 12.6. The van der Waals surface area contributed by atoms with Crippen molar-refractivity contribution in [3.8, 4) is 0 Å². The molecule has 114 valence electrons. The maximum atomic E-state index is 12.1. The van der Waals surface area contributed by atoms with Gasteiger partial charge in [-0.05, 0) is 31.9 Å². The molecule has 0 atom stereocenters. The number of anilines is 1. The van der Waals surface area contributed by atoms with Crippen LogP contribution in [-0.4, -0.2) is 40.0 Å². The van der Waals surface area contributed by atoms with Crippen molar-refractivity contribution < 1.29 is 4.79 Å². The van der Waals surface area contributed by atoms with E-state index >= 15 is 0 Å². The highest BCUT2D eigenvalue weighted by Gasteiger charge is 2.22. The molecule has 1 aliphatic rings. The standard InChI is InChI=1S/C16H19N5O/c1-12-10-17-11-15(19-12)21-8-5-13(6-9-21)20-16(22)14-4-2-3-7-18-14/h2-4,7,10-11,13H,5-6,8-9H2,1H3,(H,20,22). The zero-order chi connectivity index (χ0) is 15.4. The molecule has 0 aliphatic carbocycles. The molecular formula is C16H19N5O. The molecule has 0 spiro atoms. The number of nitrogens with zero attached hydrogens (tertiary/aromatic N) is 4. The Kier molecular flexibility index (Phi) is 4.27. The number of aryl methyl sites for hydroxylation is 1. The summed E-state index contributed by atoms with van der Waals surface area (Å²) in [5.74, 6) is 0.809. The summed E-state index contributed by atoms with van der Waals surface area (Å²) in [4.78, 5) is 27.1. The molecule has 6 heteroatoms. The lowest BCUT2D eigenvalue weighted by molar-refractivity contribution is 0.0926. The number of piperidine rings is 1. The van der Waals surface area contributed by atoms with E-state index in [1.807, 2.05) is 13.0 Å². The molecule has 0 saturated carbocycles. The number of nitrogens with one attached hydrogen (secondary N) is 1. The predicted octanol–water partition coefficient (Wildman–Crippen LogP) is 1.58. The lowest BCUT2D eigenvalue weighted by Gasteiger charge is -2.33. The van der Waals surface area contributed by atoms with E-state index in [0.29, 0.717) is 5.69 Å². The second-order valence-electron chi connectivity index (χ2n) is 5.47. The summed E-state index contributed by atoms with van der Waals surface area (Å²) in [6, 6.07) is 5.54. The molecule has 1 N–H and O–H groups in total. The van der Waals surface area contributed by atoms with Crippen molar-refractivity contribution in [1.29, 1.82) is 0 Å². The average molecular weight is 297 g/mol. The van der Waals surface area contributed by atoms with Crippen molar-refractivity contribution in [2.75, 3.05) is 18.0 Å². The Morgan fingerprint density at radius 1 is 1.27 bits per heavy atom. The van der Waals surface area contributed by atoms with Crippen LogP contribution in [0.15, 0.2) is 36.8 Å². The number of rotatable bonds is 3. The molecule has 0 radical (unpaired) electrons. The first kappa shape index (κ1) is 14.4. The molecule has 3 rings (SSSR count). The molecule has 0 aromatic carbocycles. The summed E-state index contributed by atoms with van der Waals surface area (Å²) in [5.41, 5.74) is 1.39. The second-order valence-corrected chi connectivity index (χ2v) is 5.47. The van der Waals surface area contributed by atoms with Crippen LogP contribution < -0.4 is 10.2 Å². The number of pyridine rings is 1. The smallest absolute Gasteiger partial charge is 0.270 e. The first-order valence-electron chi connectivity index (χ1n) is 7.48. The van der Waals surface area contributed by atoms with Crippen molar-refractivity contribution >= 4 is 11.7 Å². The van der Waals surface area contributed by atoms with Crippen molar-refractivity contribution in [1.82, 2.24) is 20.3 Å². The summed E-state index contributed by atoms with van der Waals surface area (Å²) >= 11 is 0. The maximum absolute atomic E-state index is 12.1. The Morgan fingerprint density at radius 3 is 2.77 bits per heavy atom. The molecule has 2 aromatic rings. The summed E-state index contributed by atoms with van der Waals surface area (Å²) in [5, 5.41) is 3.05. The van der Waals surface area contributed by atoms with Crippen LogP contribution in [0.2, 0.25) is 0 Å². The Bertz CT molecular complexity index is 638. The van der Waals surface area contributed by atoms with E-state index in [2.05, 4.69) is 25.2 Å². The van der Waals surface area contributed by atoms with Gasteiger partial charge >= 0.3 is 0 Å². The fourth-order valence-corrected chi connectivity index (χ4v) is 2.61. The quantitative estimate of drug-likeness (QED) is 0.931. The highest BCUT2D eigenvalue weighted by atomic mass is 16.1. The van der Waals surface area contributed by atoms with Gasteiger partial charge in [0.2, 0.25) is 0 Å². The zero-order valence-corrected chi connectivity index (χ0v) is 12.6. The first-order chi connectivity index (χ1) is 10.7. The van der Waals surface area contributed by atoms with Crippen LogP contribution in [0.5, 0.6) is 0 Å². The number of hydrogen-bond donors (Lipinski definition) is 1. The first-order valence-corrected chi connectivity index (χ1v) is 7.48. The predicted molar refractivity (Wildman–Crippen MR) is 83.7 cm³/mol. The number of carbonyl (C=O) groups is 1. The molecule has 3 heterocycles. The van der Waals surface area contributed by atoms with Gasteiger partial charge in [0.1, 0.15) is 11.5 Å². The fourth-order valence-electron chi connectivity index (χ4n) is 2.61. The van der Waals surface area contributed by atoms with E-state index in [-0.39, 0.29) is 11.9 Å². The Hall–Kier alpha value is -2.50. The molecular weight excluding hydrogens is 278 g/mol.